The topological polar surface area (TPSA) is 9.23 Å². The van der Waals surface area contributed by atoms with Crippen molar-refractivity contribution in [3.05, 3.63) is 23.3 Å². The molecule has 0 radical (unpaired) electrons. The lowest BCUT2D eigenvalue weighted by Gasteiger charge is -2.08. The third-order valence-corrected chi connectivity index (χ3v) is 1.81. The number of benzene rings is 1. The van der Waals surface area contributed by atoms with Crippen molar-refractivity contribution in [3.63, 3.8) is 0 Å². The van der Waals surface area contributed by atoms with Gasteiger partial charge in [0.15, 0.2) is 0 Å². The number of rotatable bonds is 1. The van der Waals surface area contributed by atoms with Gasteiger partial charge in [-0.05, 0) is 25.0 Å². The first-order chi connectivity index (χ1) is 5.15. The predicted octanol–water partition coefficient (Wildman–Crippen LogP) is 0.570. The Morgan fingerprint density at radius 1 is 1.18 bits per heavy atom. The summed E-state index contributed by atoms with van der Waals surface area (Å²) in [7, 11) is 3.81. The van der Waals surface area contributed by atoms with E-state index in [1.54, 1.807) is 7.11 Å². The van der Waals surface area contributed by atoms with E-state index in [0.717, 1.165) is 5.75 Å². The maximum absolute atomic E-state index is 5.23. The zero-order valence-electron chi connectivity index (χ0n) is 7.56. The second-order valence-electron chi connectivity index (χ2n) is 2.93. The Labute approximate surface area is 68.8 Å². The van der Waals surface area contributed by atoms with Gasteiger partial charge in [0, 0.05) is 0 Å². The van der Waals surface area contributed by atoms with Crippen LogP contribution in [0.4, 0.5) is 0 Å². The van der Waals surface area contributed by atoms with E-state index in [9.17, 15) is 0 Å². The van der Waals surface area contributed by atoms with Crippen molar-refractivity contribution in [2.45, 2.75) is 13.8 Å². The van der Waals surface area contributed by atoms with Gasteiger partial charge in [0.25, 0.3) is 0 Å². The molecule has 0 heterocycles. The Kier molecular flexibility index (Phi) is 2.23. The van der Waals surface area contributed by atoms with E-state index >= 15 is 0 Å². The van der Waals surface area contributed by atoms with E-state index in [4.69, 9.17) is 4.74 Å². The van der Waals surface area contributed by atoms with Crippen molar-refractivity contribution < 1.29 is 4.74 Å². The van der Waals surface area contributed by atoms with E-state index in [-0.39, 0.29) is 0 Å². The van der Waals surface area contributed by atoms with Gasteiger partial charge in [-0.1, -0.05) is 17.6 Å². The molecule has 58 valence electrons. The van der Waals surface area contributed by atoms with Crippen LogP contribution < -0.4 is 10.2 Å². The third-order valence-electron chi connectivity index (χ3n) is 1.81. The average Bonchev–Trinajstić information content (AvgIpc) is 1.85. The quantitative estimate of drug-likeness (QED) is 0.529. The second kappa shape index (κ2) is 2.99. The minimum absolute atomic E-state index is 1.01. The Balaban J connectivity index is 3.25. The summed E-state index contributed by atoms with van der Waals surface area (Å²) in [4.78, 5) is 0. The van der Waals surface area contributed by atoms with Crippen LogP contribution >= 0.6 is 0 Å². The van der Waals surface area contributed by atoms with Gasteiger partial charge in [-0.3, -0.25) is 0 Å². The molecule has 0 saturated heterocycles. The summed E-state index contributed by atoms with van der Waals surface area (Å²) in [6, 6.07) is 4.26. The molecule has 0 aliphatic heterocycles. The molecule has 0 atom stereocenters. The van der Waals surface area contributed by atoms with Crippen LogP contribution in [0.15, 0.2) is 12.1 Å². The van der Waals surface area contributed by atoms with Crippen molar-refractivity contribution >= 4 is 13.3 Å². The first-order valence-corrected chi connectivity index (χ1v) is 3.77. The van der Waals surface area contributed by atoms with Crippen LogP contribution in [-0.4, -0.2) is 15.0 Å². The summed E-state index contributed by atoms with van der Waals surface area (Å²) < 4.78 is 5.23. The summed E-state index contributed by atoms with van der Waals surface area (Å²) in [6.07, 6.45) is 0. The first kappa shape index (κ1) is 8.18. The number of aryl methyl sites for hydroxylation is 2. The molecule has 0 aromatic heterocycles. The highest BCUT2D eigenvalue weighted by Gasteiger charge is 2.01. The molecule has 0 amide bonds. The molecule has 2 heteroatoms. The van der Waals surface area contributed by atoms with Gasteiger partial charge < -0.3 is 4.74 Å². The summed E-state index contributed by atoms with van der Waals surface area (Å²) >= 11 is 0. The van der Waals surface area contributed by atoms with Gasteiger partial charge in [-0.2, -0.15) is 0 Å². The molecule has 1 nitrogen and oxygen atoms in total. The smallest absolute Gasteiger partial charge is 0.139 e. The SMILES string of the molecule is Bc1cc(C)c(OC)c(C)c1. The summed E-state index contributed by atoms with van der Waals surface area (Å²) in [5.74, 6) is 1.01. The fourth-order valence-electron chi connectivity index (χ4n) is 1.49. The molecule has 0 aliphatic carbocycles. The summed E-state index contributed by atoms with van der Waals surface area (Å²) in [5.41, 5.74) is 3.72. The van der Waals surface area contributed by atoms with Crippen molar-refractivity contribution in [1.29, 1.82) is 0 Å². The molecule has 0 fully saturated rings. The van der Waals surface area contributed by atoms with E-state index in [1.165, 1.54) is 16.6 Å². The molecular formula is C9H13BO. The Morgan fingerprint density at radius 2 is 1.64 bits per heavy atom. The van der Waals surface area contributed by atoms with Crippen LogP contribution in [0.5, 0.6) is 5.75 Å². The molecule has 11 heavy (non-hydrogen) atoms. The minimum atomic E-state index is 1.01. The molecule has 0 spiro atoms. The number of hydrogen-bond acceptors (Lipinski definition) is 1. The van der Waals surface area contributed by atoms with Crippen LogP contribution in [0, 0.1) is 13.8 Å². The Morgan fingerprint density at radius 3 is 2.00 bits per heavy atom. The lowest BCUT2D eigenvalue weighted by molar-refractivity contribution is 0.408. The summed E-state index contributed by atoms with van der Waals surface area (Å²) in [5, 5.41) is 0. The fraction of sp³-hybridized carbons (Fsp3) is 0.333. The predicted molar refractivity (Wildman–Crippen MR) is 50.6 cm³/mol. The lowest BCUT2D eigenvalue weighted by Crippen LogP contribution is -2.05. The molecule has 0 saturated carbocycles. The lowest BCUT2D eigenvalue weighted by atomic mass is 9.92. The van der Waals surface area contributed by atoms with Crippen LogP contribution in [0.25, 0.3) is 0 Å². The monoisotopic (exact) mass is 148 g/mol. The average molecular weight is 148 g/mol. The largest absolute Gasteiger partial charge is 0.496 e. The fourth-order valence-corrected chi connectivity index (χ4v) is 1.49. The van der Waals surface area contributed by atoms with Gasteiger partial charge in [-0.25, -0.2) is 0 Å². The Hall–Kier alpha value is -0.915. The molecule has 1 aromatic carbocycles. The number of ether oxygens (including phenoxy) is 1. The molecule has 1 rings (SSSR count). The minimum Gasteiger partial charge on any atom is -0.496 e. The zero-order valence-corrected chi connectivity index (χ0v) is 7.56. The van der Waals surface area contributed by atoms with E-state index in [2.05, 4.69) is 33.8 Å². The van der Waals surface area contributed by atoms with Gasteiger partial charge >= 0.3 is 0 Å². The van der Waals surface area contributed by atoms with E-state index in [1.807, 2.05) is 0 Å². The van der Waals surface area contributed by atoms with Crippen molar-refractivity contribution in [3.8, 4) is 5.75 Å². The van der Waals surface area contributed by atoms with Gasteiger partial charge in [0.05, 0.1) is 7.11 Å². The van der Waals surface area contributed by atoms with Gasteiger partial charge in [-0.15, -0.1) is 0 Å². The van der Waals surface area contributed by atoms with Crippen molar-refractivity contribution in [2.75, 3.05) is 7.11 Å². The molecular weight excluding hydrogens is 135 g/mol. The normalized spacial score (nSPS) is 9.73. The summed E-state index contributed by atoms with van der Waals surface area (Å²) in [6.45, 7) is 4.14. The zero-order chi connectivity index (χ0) is 8.43. The third kappa shape index (κ3) is 1.56. The van der Waals surface area contributed by atoms with E-state index in [0.29, 0.717) is 0 Å². The second-order valence-corrected chi connectivity index (χ2v) is 2.93. The molecule has 0 unspecified atom stereocenters. The van der Waals surface area contributed by atoms with Gasteiger partial charge in [0.1, 0.15) is 13.6 Å². The molecule has 1 aromatic rings. The van der Waals surface area contributed by atoms with Crippen LogP contribution in [-0.2, 0) is 0 Å². The molecule has 0 bridgehead atoms. The van der Waals surface area contributed by atoms with Crippen LogP contribution in [0.2, 0.25) is 0 Å². The van der Waals surface area contributed by atoms with Crippen LogP contribution in [0.1, 0.15) is 11.1 Å². The number of methoxy groups -OCH3 is 1. The highest BCUT2D eigenvalue weighted by molar-refractivity contribution is 6.32. The van der Waals surface area contributed by atoms with Crippen molar-refractivity contribution in [1.82, 2.24) is 0 Å². The molecule has 0 N–H and O–H groups in total. The van der Waals surface area contributed by atoms with Gasteiger partial charge in [0.2, 0.25) is 0 Å². The van der Waals surface area contributed by atoms with E-state index < -0.39 is 0 Å². The maximum atomic E-state index is 5.23. The molecule has 0 aliphatic rings. The standard InChI is InChI=1S/C9H13BO/c1-6-4-8(10)5-7(2)9(6)11-3/h4-5H,10H2,1-3H3. The van der Waals surface area contributed by atoms with Crippen molar-refractivity contribution in [2.24, 2.45) is 0 Å². The highest BCUT2D eigenvalue weighted by Crippen LogP contribution is 2.19. The maximum Gasteiger partial charge on any atom is 0.139 e. The Bertz CT molecular complexity index is 245. The highest BCUT2D eigenvalue weighted by atomic mass is 16.5. The first-order valence-electron chi connectivity index (χ1n) is 3.77. The number of hydrogen-bond donors (Lipinski definition) is 0. The van der Waals surface area contributed by atoms with Crippen LogP contribution in [0.3, 0.4) is 0 Å².